The molecule has 0 bridgehead atoms. The van der Waals surface area contributed by atoms with Crippen molar-refractivity contribution >= 4 is 5.69 Å². The summed E-state index contributed by atoms with van der Waals surface area (Å²) >= 11 is 0. The number of aromatic nitrogens is 4. The van der Waals surface area contributed by atoms with Gasteiger partial charge in [-0.05, 0) is 35.9 Å². The van der Waals surface area contributed by atoms with Gasteiger partial charge in [0, 0.05) is 13.7 Å². The van der Waals surface area contributed by atoms with Crippen molar-refractivity contribution in [2.24, 2.45) is 0 Å². The maximum Gasteiger partial charge on any atom is 0.143 e. The van der Waals surface area contributed by atoms with Gasteiger partial charge >= 0.3 is 0 Å². The van der Waals surface area contributed by atoms with Crippen LogP contribution in [0.1, 0.15) is 13.3 Å². The molecule has 1 aliphatic rings. The number of benzene rings is 1. The molecule has 1 heterocycles. The van der Waals surface area contributed by atoms with Crippen LogP contribution in [0, 0.1) is 0 Å². The Morgan fingerprint density at radius 2 is 2.24 bits per heavy atom. The summed E-state index contributed by atoms with van der Waals surface area (Å²) in [5.41, 5.74) is 1.89. The van der Waals surface area contributed by atoms with Crippen molar-refractivity contribution < 1.29 is 9.47 Å². The first-order valence-corrected chi connectivity index (χ1v) is 7.06. The molecule has 7 heteroatoms. The van der Waals surface area contributed by atoms with Crippen LogP contribution in [0.3, 0.4) is 0 Å². The Labute approximate surface area is 123 Å². The van der Waals surface area contributed by atoms with E-state index in [-0.39, 0.29) is 18.2 Å². The highest BCUT2D eigenvalue weighted by Crippen LogP contribution is 2.31. The highest BCUT2D eigenvalue weighted by atomic mass is 16.5. The monoisotopic (exact) mass is 289 g/mol. The lowest BCUT2D eigenvalue weighted by molar-refractivity contribution is -0.118. The number of hydrogen-bond acceptors (Lipinski definition) is 6. The summed E-state index contributed by atoms with van der Waals surface area (Å²) in [5.74, 6) is 0. The number of hydrogen-bond donors (Lipinski definition) is 1. The first-order chi connectivity index (χ1) is 10.3. The van der Waals surface area contributed by atoms with Crippen LogP contribution >= 0.6 is 0 Å². The van der Waals surface area contributed by atoms with Gasteiger partial charge in [-0.1, -0.05) is 12.1 Å². The van der Waals surface area contributed by atoms with Crippen molar-refractivity contribution in [2.75, 3.05) is 19.0 Å². The molecule has 3 rings (SSSR count). The second-order valence-electron chi connectivity index (χ2n) is 4.95. The Hall–Kier alpha value is -1.99. The van der Waals surface area contributed by atoms with E-state index >= 15 is 0 Å². The molecule has 1 N–H and O–H groups in total. The van der Waals surface area contributed by atoms with E-state index in [0.29, 0.717) is 6.61 Å². The SMILES string of the molecule is CCOC1CC(Nc2ccccc2-n2cnnn2)C1OC. The maximum atomic E-state index is 5.65. The average Bonchev–Trinajstić information content (AvgIpc) is 3.01. The van der Waals surface area contributed by atoms with Crippen LogP contribution in [0.25, 0.3) is 5.69 Å². The first kappa shape index (κ1) is 14.0. The van der Waals surface area contributed by atoms with Gasteiger partial charge in [-0.25, -0.2) is 0 Å². The van der Waals surface area contributed by atoms with E-state index in [2.05, 4.69) is 20.8 Å². The molecule has 1 aliphatic carbocycles. The quantitative estimate of drug-likeness (QED) is 0.863. The highest BCUT2D eigenvalue weighted by molar-refractivity contribution is 5.61. The Kier molecular flexibility index (Phi) is 4.12. The van der Waals surface area contributed by atoms with Crippen LogP contribution in [0.4, 0.5) is 5.69 Å². The Morgan fingerprint density at radius 3 is 2.95 bits per heavy atom. The minimum absolute atomic E-state index is 0.0619. The first-order valence-electron chi connectivity index (χ1n) is 7.06. The van der Waals surface area contributed by atoms with Gasteiger partial charge in [-0.15, -0.1) is 5.10 Å². The second kappa shape index (κ2) is 6.19. The molecule has 0 aliphatic heterocycles. The van der Waals surface area contributed by atoms with E-state index in [1.165, 1.54) is 0 Å². The molecular formula is C14H19N5O2. The molecule has 2 aromatic rings. The number of anilines is 1. The van der Waals surface area contributed by atoms with Crippen LogP contribution in [-0.2, 0) is 9.47 Å². The van der Waals surface area contributed by atoms with E-state index < -0.39 is 0 Å². The zero-order chi connectivity index (χ0) is 14.7. The van der Waals surface area contributed by atoms with Gasteiger partial charge in [0.05, 0.1) is 23.5 Å². The highest BCUT2D eigenvalue weighted by Gasteiger charge is 2.42. The number of ether oxygens (including phenoxy) is 2. The van der Waals surface area contributed by atoms with E-state index in [1.54, 1.807) is 18.1 Å². The minimum atomic E-state index is 0.0619. The lowest BCUT2D eigenvalue weighted by Gasteiger charge is -2.44. The number of nitrogens with zero attached hydrogens (tertiary/aromatic N) is 4. The number of rotatable bonds is 6. The molecule has 0 spiro atoms. The molecule has 0 saturated heterocycles. The Morgan fingerprint density at radius 1 is 1.38 bits per heavy atom. The van der Waals surface area contributed by atoms with E-state index in [0.717, 1.165) is 17.8 Å². The third-order valence-corrected chi connectivity index (χ3v) is 3.74. The molecule has 7 nitrogen and oxygen atoms in total. The number of nitrogens with one attached hydrogen (secondary N) is 1. The van der Waals surface area contributed by atoms with Crippen LogP contribution < -0.4 is 5.32 Å². The lowest BCUT2D eigenvalue weighted by atomic mass is 9.85. The van der Waals surface area contributed by atoms with Gasteiger partial charge in [0.2, 0.25) is 0 Å². The van der Waals surface area contributed by atoms with Crippen molar-refractivity contribution in [1.82, 2.24) is 20.2 Å². The normalized spacial score (nSPS) is 24.6. The molecule has 21 heavy (non-hydrogen) atoms. The molecule has 1 saturated carbocycles. The topological polar surface area (TPSA) is 74.1 Å². The third-order valence-electron chi connectivity index (χ3n) is 3.74. The molecule has 1 aromatic carbocycles. The summed E-state index contributed by atoms with van der Waals surface area (Å²) in [7, 11) is 1.72. The largest absolute Gasteiger partial charge is 0.378 e. The molecule has 1 aromatic heterocycles. The number of para-hydroxylation sites is 2. The van der Waals surface area contributed by atoms with Crippen LogP contribution in [0.5, 0.6) is 0 Å². The zero-order valence-electron chi connectivity index (χ0n) is 12.1. The predicted octanol–water partition coefficient (Wildman–Crippen LogP) is 1.27. The zero-order valence-corrected chi connectivity index (χ0v) is 12.1. The summed E-state index contributed by atoms with van der Waals surface area (Å²) < 4.78 is 12.8. The van der Waals surface area contributed by atoms with Crippen molar-refractivity contribution in [3.05, 3.63) is 30.6 Å². The number of methoxy groups -OCH3 is 1. The minimum Gasteiger partial charge on any atom is -0.378 e. The second-order valence-corrected chi connectivity index (χ2v) is 4.95. The molecule has 0 radical (unpaired) electrons. The van der Waals surface area contributed by atoms with Crippen molar-refractivity contribution in [3.8, 4) is 5.69 Å². The van der Waals surface area contributed by atoms with Gasteiger partial charge < -0.3 is 14.8 Å². The fourth-order valence-electron chi connectivity index (χ4n) is 2.68. The molecule has 0 amide bonds. The van der Waals surface area contributed by atoms with Crippen molar-refractivity contribution in [1.29, 1.82) is 0 Å². The van der Waals surface area contributed by atoms with Gasteiger partial charge in [-0.2, -0.15) is 4.68 Å². The van der Waals surface area contributed by atoms with Gasteiger partial charge in [0.25, 0.3) is 0 Å². The molecule has 112 valence electrons. The average molecular weight is 289 g/mol. The Balaban J connectivity index is 1.74. The molecule has 3 atom stereocenters. The van der Waals surface area contributed by atoms with Crippen molar-refractivity contribution in [3.63, 3.8) is 0 Å². The maximum absolute atomic E-state index is 5.65. The fraction of sp³-hybridized carbons (Fsp3) is 0.500. The lowest BCUT2D eigenvalue weighted by Crippen LogP contribution is -2.56. The predicted molar refractivity (Wildman–Crippen MR) is 77.4 cm³/mol. The van der Waals surface area contributed by atoms with Crippen LogP contribution in [0.2, 0.25) is 0 Å². The van der Waals surface area contributed by atoms with Crippen molar-refractivity contribution in [2.45, 2.75) is 31.6 Å². The van der Waals surface area contributed by atoms with E-state index in [4.69, 9.17) is 9.47 Å². The molecular weight excluding hydrogens is 270 g/mol. The van der Waals surface area contributed by atoms with Gasteiger partial charge in [-0.3, -0.25) is 0 Å². The summed E-state index contributed by atoms with van der Waals surface area (Å²) in [6.07, 6.45) is 2.73. The molecule has 3 unspecified atom stereocenters. The van der Waals surface area contributed by atoms with E-state index in [9.17, 15) is 0 Å². The third kappa shape index (κ3) is 2.74. The Bertz CT molecular complexity index is 575. The fourth-order valence-corrected chi connectivity index (χ4v) is 2.68. The smallest absolute Gasteiger partial charge is 0.143 e. The summed E-state index contributed by atoms with van der Waals surface area (Å²) in [4.78, 5) is 0. The standard InChI is InChI=1S/C14H19N5O2/c1-3-21-13-8-11(14(13)20-2)16-10-6-4-5-7-12(10)19-9-15-17-18-19/h4-7,9,11,13-14,16H,3,8H2,1-2H3. The van der Waals surface area contributed by atoms with E-state index in [1.807, 2.05) is 31.2 Å². The van der Waals surface area contributed by atoms with Crippen LogP contribution in [0.15, 0.2) is 30.6 Å². The van der Waals surface area contributed by atoms with Gasteiger partial charge in [0.1, 0.15) is 12.4 Å². The summed E-state index contributed by atoms with van der Waals surface area (Å²) in [5, 5.41) is 14.8. The number of tetrazole rings is 1. The summed E-state index contributed by atoms with van der Waals surface area (Å²) in [6, 6.07) is 8.15. The van der Waals surface area contributed by atoms with Gasteiger partial charge in [0.15, 0.2) is 0 Å². The summed E-state index contributed by atoms with van der Waals surface area (Å²) in [6.45, 7) is 2.71. The van der Waals surface area contributed by atoms with Crippen LogP contribution in [-0.4, -0.2) is 52.2 Å². The molecule has 1 fully saturated rings.